The summed E-state index contributed by atoms with van der Waals surface area (Å²) in [5.74, 6) is -1.18. The normalized spacial score (nSPS) is 12.2. The number of aromatic nitrogens is 1. The fourth-order valence-corrected chi connectivity index (χ4v) is 2.13. The second-order valence-corrected chi connectivity index (χ2v) is 5.60. The van der Waals surface area contributed by atoms with Gasteiger partial charge in [-0.3, -0.25) is 4.79 Å². The lowest BCUT2D eigenvalue weighted by atomic mass is 10.3. The Morgan fingerprint density at radius 1 is 1.37 bits per heavy atom. The zero-order valence-corrected chi connectivity index (χ0v) is 10.6. The van der Waals surface area contributed by atoms with Crippen LogP contribution >= 0.6 is 0 Å². The third-order valence-electron chi connectivity index (χ3n) is 2.04. The van der Waals surface area contributed by atoms with Crippen molar-refractivity contribution in [2.24, 2.45) is 0 Å². The molecule has 1 rings (SSSR count). The number of alkyl halides is 3. The minimum Gasteiger partial charge on any atom is -0.465 e. The summed E-state index contributed by atoms with van der Waals surface area (Å²) < 4.78 is 64.5. The summed E-state index contributed by atoms with van der Waals surface area (Å²) in [6.07, 6.45) is -4.13. The van der Waals surface area contributed by atoms with Crippen molar-refractivity contribution in [3.05, 3.63) is 23.9 Å². The third-order valence-corrected chi connectivity index (χ3v) is 3.62. The average Bonchev–Trinajstić information content (AvgIpc) is 2.27. The minimum atomic E-state index is -4.58. The molecule has 0 saturated carbocycles. The maximum Gasteiger partial charge on any atom is 0.417 e. The van der Waals surface area contributed by atoms with Crippen LogP contribution in [0.3, 0.4) is 0 Å². The molecule has 0 spiro atoms. The van der Waals surface area contributed by atoms with Crippen LogP contribution in [0.15, 0.2) is 23.4 Å². The summed E-state index contributed by atoms with van der Waals surface area (Å²) in [6, 6.07) is 1.40. The van der Waals surface area contributed by atoms with Crippen molar-refractivity contribution >= 4 is 15.8 Å². The number of nitrogens with zero attached hydrogens (tertiary/aromatic N) is 1. The van der Waals surface area contributed by atoms with Crippen molar-refractivity contribution in [3.63, 3.8) is 0 Å². The van der Waals surface area contributed by atoms with Gasteiger partial charge in [0.15, 0.2) is 14.9 Å². The van der Waals surface area contributed by atoms with Crippen LogP contribution in [-0.2, 0) is 25.5 Å². The standard InChI is InChI=1S/C10H10F3NO4S/c1-7(15)18-4-5-19(16,17)9-3-2-8(6-14-9)10(11,12)13/h2-3,6H,4-5H2,1H3. The summed E-state index contributed by atoms with van der Waals surface area (Å²) in [4.78, 5) is 13.7. The molecule has 1 heterocycles. The molecular weight excluding hydrogens is 287 g/mol. The van der Waals surface area contributed by atoms with Crippen molar-refractivity contribution < 1.29 is 31.1 Å². The highest BCUT2D eigenvalue weighted by molar-refractivity contribution is 7.91. The van der Waals surface area contributed by atoms with Crippen LogP contribution < -0.4 is 0 Å². The van der Waals surface area contributed by atoms with Crippen molar-refractivity contribution in [2.75, 3.05) is 12.4 Å². The van der Waals surface area contributed by atoms with E-state index in [1.54, 1.807) is 0 Å². The Morgan fingerprint density at radius 3 is 2.42 bits per heavy atom. The van der Waals surface area contributed by atoms with E-state index in [0.717, 1.165) is 13.0 Å². The zero-order valence-electron chi connectivity index (χ0n) is 9.77. The van der Waals surface area contributed by atoms with Crippen molar-refractivity contribution in [3.8, 4) is 0 Å². The molecule has 9 heteroatoms. The maximum absolute atomic E-state index is 12.3. The van der Waals surface area contributed by atoms with Gasteiger partial charge in [-0.2, -0.15) is 13.2 Å². The lowest BCUT2D eigenvalue weighted by molar-refractivity contribution is -0.140. The first-order valence-electron chi connectivity index (χ1n) is 5.02. The Hall–Kier alpha value is -1.64. The number of sulfone groups is 1. The Bertz CT molecular complexity index is 551. The molecule has 0 atom stereocenters. The van der Waals surface area contributed by atoms with Crippen molar-refractivity contribution in [1.29, 1.82) is 0 Å². The lowest BCUT2D eigenvalue weighted by Gasteiger charge is -2.07. The van der Waals surface area contributed by atoms with E-state index in [4.69, 9.17) is 0 Å². The summed E-state index contributed by atoms with van der Waals surface area (Å²) >= 11 is 0. The maximum atomic E-state index is 12.3. The van der Waals surface area contributed by atoms with Gasteiger partial charge in [-0.15, -0.1) is 0 Å². The smallest absolute Gasteiger partial charge is 0.417 e. The highest BCUT2D eigenvalue weighted by atomic mass is 32.2. The molecule has 0 aliphatic carbocycles. The van der Waals surface area contributed by atoms with E-state index in [1.165, 1.54) is 0 Å². The molecule has 1 aromatic rings. The third kappa shape index (κ3) is 4.51. The van der Waals surface area contributed by atoms with Crippen LogP contribution in [0.4, 0.5) is 13.2 Å². The highest BCUT2D eigenvalue weighted by Gasteiger charge is 2.31. The van der Waals surface area contributed by atoms with Gasteiger partial charge in [0.2, 0.25) is 0 Å². The van der Waals surface area contributed by atoms with E-state index >= 15 is 0 Å². The van der Waals surface area contributed by atoms with Crippen LogP contribution in [0.2, 0.25) is 0 Å². The lowest BCUT2D eigenvalue weighted by Crippen LogP contribution is -2.16. The number of hydrogen-bond acceptors (Lipinski definition) is 5. The van der Waals surface area contributed by atoms with E-state index in [1.807, 2.05) is 0 Å². The van der Waals surface area contributed by atoms with Crippen LogP contribution in [0.25, 0.3) is 0 Å². The largest absolute Gasteiger partial charge is 0.465 e. The molecule has 5 nitrogen and oxygen atoms in total. The monoisotopic (exact) mass is 297 g/mol. The second kappa shape index (κ2) is 5.55. The molecule has 0 fully saturated rings. The van der Waals surface area contributed by atoms with Gasteiger partial charge >= 0.3 is 12.1 Å². The SMILES string of the molecule is CC(=O)OCCS(=O)(=O)c1ccc(C(F)(F)F)cn1. The minimum absolute atomic E-state index is 0.375. The molecule has 0 N–H and O–H groups in total. The topological polar surface area (TPSA) is 73.3 Å². The summed E-state index contributed by atoms with van der Waals surface area (Å²) in [6.45, 7) is 0.739. The molecule has 19 heavy (non-hydrogen) atoms. The fraction of sp³-hybridized carbons (Fsp3) is 0.400. The zero-order chi connectivity index (χ0) is 14.7. The first kappa shape index (κ1) is 15.4. The number of carbonyl (C=O) groups excluding carboxylic acids is 1. The Balaban J connectivity index is 2.82. The molecule has 0 bridgehead atoms. The molecule has 0 aliphatic rings. The molecule has 0 amide bonds. The Morgan fingerprint density at radius 2 is 2.00 bits per heavy atom. The molecule has 0 radical (unpaired) electrons. The van der Waals surface area contributed by atoms with Crippen LogP contribution in [0, 0.1) is 0 Å². The quantitative estimate of drug-likeness (QED) is 0.786. The fourth-order valence-electron chi connectivity index (χ4n) is 1.13. The molecule has 0 saturated heterocycles. The predicted molar refractivity (Wildman–Crippen MR) is 57.9 cm³/mol. The Labute approximate surface area is 107 Å². The predicted octanol–water partition coefficient (Wildman–Crippen LogP) is 1.44. The van der Waals surface area contributed by atoms with Gasteiger partial charge in [0.1, 0.15) is 6.61 Å². The summed E-state index contributed by atoms with van der Waals surface area (Å²) in [7, 11) is -3.87. The van der Waals surface area contributed by atoms with E-state index < -0.39 is 38.3 Å². The average molecular weight is 297 g/mol. The van der Waals surface area contributed by atoms with Crippen molar-refractivity contribution in [1.82, 2.24) is 4.98 Å². The van der Waals surface area contributed by atoms with E-state index in [-0.39, 0.29) is 6.61 Å². The van der Waals surface area contributed by atoms with E-state index in [9.17, 15) is 26.4 Å². The number of ether oxygens (including phenoxy) is 1. The number of esters is 1. The molecular formula is C10H10F3NO4S. The van der Waals surface area contributed by atoms with Crippen LogP contribution in [0.1, 0.15) is 12.5 Å². The van der Waals surface area contributed by atoms with Gasteiger partial charge < -0.3 is 4.74 Å². The molecule has 106 valence electrons. The molecule has 1 aromatic heterocycles. The molecule has 0 unspecified atom stereocenters. The van der Waals surface area contributed by atoms with Gasteiger partial charge in [0.05, 0.1) is 11.3 Å². The van der Waals surface area contributed by atoms with Gasteiger partial charge in [-0.05, 0) is 12.1 Å². The van der Waals surface area contributed by atoms with Crippen LogP contribution in [-0.4, -0.2) is 31.7 Å². The van der Waals surface area contributed by atoms with E-state index in [0.29, 0.717) is 12.3 Å². The number of pyridine rings is 1. The highest BCUT2D eigenvalue weighted by Crippen LogP contribution is 2.28. The summed E-state index contributed by atoms with van der Waals surface area (Å²) in [5, 5.41) is -0.493. The summed E-state index contributed by atoms with van der Waals surface area (Å²) in [5.41, 5.74) is -1.04. The molecule has 0 aliphatic heterocycles. The molecule has 0 aromatic carbocycles. The van der Waals surface area contributed by atoms with E-state index in [2.05, 4.69) is 9.72 Å². The van der Waals surface area contributed by atoms with Crippen LogP contribution in [0.5, 0.6) is 0 Å². The number of rotatable bonds is 4. The first-order valence-corrected chi connectivity index (χ1v) is 6.67. The van der Waals surface area contributed by atoms with Gasteiger partial charge in [0.25, 0.3) is 0 Å². The second-order valence-electron chi connectivity index (χ2n) is 3.54. The number of halogens is 3. The number of hydrogen-bond donors (Lipinski definition) is 0. The number of carbonyl (C=O) groups is 1. The van der Waals surface area contributed by atoms with Crippen molar-refractivity contribution in [2.45, 2.75) is 18.1 Å². The Kier molecular flexibility index (Phi) is 4.51. The first-order chi connectivity index (χ1) is 8.63. The van der Waals surface area contributed by atoms with Gasteiger partial charge in [-0.1, -0.05) is 0 Å². The van der Waals surface area contributed by atoms with Gasteiger partial charge in [0, 0.05) is 13.1 Å². The van der Waals surface area contributed by atoms with Gasteiger partial charge in [-0.25, -0.2) is 13.4 Å².